The van der Waals surface area contributed by atoms with Gasteiger partial charge in [-0.25, -0.2) is 0 Å². The van der Waals surface area contributed by atoms with Crippen LogP contribution in [0.2, 0.25) is 0 Å². The number of nitrogens with one attached hydrogen (secondary N) is 1. The second kappa shape index (κ2) is 4.70. The number of hydrogen-bond donors (Lipinski definition) is 1. The van der Waals surface area contributed by atoms with Crippen LogP contribution in [-0.2, 0) is 11.2 Å². The van der Waals surface area contributed by atoms with Crippen LogP contribution in [0.15, 0.2) is 30.3 Å². The Morgan fingerprint density at radius 3 is 2.55 bits per heavy atom. The van der Waals surface area contributed by atoms with Crippen molar-refractivity contribution in [3.63, 3.8) is 0 Å². The molecule has 1 amide bonds. The van der Waals surface area contributed by atoms with E-state index in [2.05, 4.69) is 2.08 Å². The van der Waals surface area contributed by atoms with Gasteiger partial charge >= 0.3 is 89.2 Å². The third kappa shape index (κ3) is 3.19. The zero-order valence-corrected chi connectivity index (χ0v) is 9.71. The number of carbonyl (C=O) groups excluding carboxylic acids is 1. The maximum atomic E-state index is 10.9. The van der Waals surface area contributed by atoms with Gasteiger partial charge in [-0.05, 0) is 0 Å². The van der Waals surface area contributed by atoms with E-state index in [0.717, 1.165) is 5.56 Å². The molecule has 0 spiro atoms. The fourth-order valence-electron chi connectivity index (χ4n) is 0.832. The SMILES string of the molecule is O=C(Cc1ccccc1)[NH][La]. The van der Waals surface area contributed by atoms with Crippen molar-refractivity contribution in [1.29, 1.82) is 0 Å². The Morgan fingerprint density at radius 1 is 1.36 bits per heavy atom. The van der Waals surface area contributed by atoms with E-state index in [1.807, 2.05) is 30.3 Å². The molecule has 2 nitrogen and oxygen atoms in total. The summed E-state index contributed by atoms with van der Waals surface area (Å²) in [6, 6.07) is 9.75. The van der Waals surface area contributed by atoms with Crippen LogP contribution in [0.5, 0.6) is 0 Å². The van der Waals surface area contributed by atoms with E-state index in [9.17, 15) is 4.79 Å². The summed E-state index contributed by atoms with van der Waals surface area (Å²) >= 11 is 0.552. The Bertz CT molecular complexity index is 235. The molecule has 1 N–H and O–H groups in total. The number of benzene rings is 1. The molecule has 0 fully saturated rings. The average molecular weight is 273 g/mol. The Labute approximate surface area is 88.6 Å². The van der Waals surface area contributed by atoms with Crippen LogP contribution < -0.4 is 2.08 Å². The van der Waals surface area contributed by atoms with Gasteiger partial charge in [-0.1, -0.05) is 0 Å². The fraction of sp³-hybridized carbons (Fsp3) is 0.125. The molecule has 3 heteroatoms. The molecule has 1 rings (SSSR count). The van der Waals surface area contributed by atoms with Crippen molar-refractivity contribution in [3.8, 4) is 0 Å². The summed E-state index contributed by atoms with van der Waals surface area (Å²) in [5.74, 6) is 0.126. The Balaban J connectivity index is 2.58. The van der Waals surface area contributed by atoms with Crippen molar-refractivity contribution in [3.05, 3.63) is 35.9 Å². The standard InChI is InChI=1S/C8H9NO.La/c9-8(10)6-7-4-2-1-3-5-7;/h1-5H,6H2,(H2,9,10);/q;+1/p-1. The first-order valence-electron chi connectivity index (χ1n) is 3.36. The summed E-state index contributed by atoms with van der Waals surface area (Å²) in [5, 5.41) is 0. The van der Waals surface area contributed by atoms with Gasteiger partial charge in [-0.2, -0.15) is 0 Å². The Kier molecular flexibility index (Phi) is 3.84. The zero-order valence-electron chi connectivity index (χ0n) is 6.08. The Morgan fingerprint density at radius 2 is 2.00 bits per heavy atom. The second-order valence-electron chi connectivity index (χ2n) is 2.23. The molecule has 0 aliphatic carbocycles. The van der Waals surface area contributed by atoms with E-state index in [1.54, 1.807) is 0 Å². The first-order valence-corrected chi connectivity index (χ1v) is 5.17. The van der Waals surface area contributed by atoms with Gasteiger partial charge < -0.3 is 0 Å². The molecule has 0 heterocycles. The summed E-state index contributed by atoms with van der Waals surface area (Å²) < 4.78 is 2.74. The van der Waals surface area contributed by atoms with Gasteiger partial charge in [-0.3, -0.25) is 0 Å². The van der Waals surface area contributed by atoms with E-state index in [0.29, 0.717) is 40.5 Å². The second-order valence-corrected chi connectivity index (χ2v) is 3.14. The summed E-state index contributed by atoms with van der Waals surface area (Å²) in [6.45, 7) is 0. The van der Waals surface area contributed by atoms with Gasteiger partial charge in [0.1, 0.15) is 0 Å². The van der Waals surface area contributed by atoms with E-state index < -0.39 is 0 Å². The van der Waals surface area contributed by atoms with E-state index in [-0.39, 0.29) is 5.91 Å². The van der Waals surface area contributed by atoms with Crippen molar-refractivity contribution in [2.45, 2.75) is 6.42 Å². The minimum atomic E-state index is 0.126. The number of amides is 1. The first-order chi connectivity index (χ1) is 5.33. The molecule has 0 saturated carbocycles. The van der Waals surface area contributed by atoms with Crippen LogP contribution in [0, 0.1) is 34.1 Å². The van der Waals surface area contributed by atoms with Crippen LogP contribution >= 0.6 is 0 Å². The minimum absolute atomic E-state index is 0.126. The first kappa shape index (κ1) is 8.98. The molecule has 0 aliphatic rings. The number of hydrogen-bond acceptors (Lipinski definition) is 1. The van der Waals surface area contributed by atoms with Crippen molar-refractivity contribution in [2.24, 2.45) is 0 Å². The molecular formula is C8H8LaNO. The molecule has 1 aromatic rings. The van der Waals surface area contributed by atoms with Gasteiger partial charge in [0.15, 0.2) is 0 Å². The molecule has 1 aromatic carbocycles. The fourth-order valence-corrected chi connectivity index (χ4v) is 1.15. The summed E-state index contributed by atoms with van der Waals surface area (Å²) in [4.78, 5) is 10.9. The summed E-state index contributed by atoms with van der Waals surface area (Å²) in [5.41, 5.74) is 1.07. The number of carbonyl (C=O) groups is 1. The van der Waals surface area contributed by atoms with Gasteiger partial charge in [0.05, 0.1) is 0 Å². The Hall–Kier alpha value is -0.115. The third-order valence-electron chi connectivity index (χ3n) is 1.37. The molecule has 0 saturated heterocycles. The van der Waals surface area contributed by atoms with Crippen molar-refractivity contribution < 1.29 is 38.9 Å². The van der Waals surface area contributed by atoms with Crippen molar-refractivity contribution in [1.82, 2.24) is 2.08 Å². The molecular weight excluding hydrogens is 265 g/mol. The van der Waals surface area contributed by atoms with Crippen LogP contribution in [-0.4, -0.2) is 5.91 Å². The molecule has 0 aliphatic heterocycles. The molecule has 0 unspecified atom stereocenters. The van der Waals surface area contributed by atoms with Crippen LogP contribution in [0.25, 0.3) is 0 Å². The molecule has 0 aromatic heterocycles. The third-order valence-corrected chi connectivity index (χ3v) is 2.38. The van der Waals surface area contributed by atoms with E-state index >= 15 is 0 Å². The summed E-state index contributed by atoms with van der Waals surface area (Å²) in [6.07, 6.45) is 0.511. The van der Waals surface area contributed by atoms with Gasteiger partial charge in [-0.15, -0.1) is 0 Å². The van der Waals surface area contributed by atoms with E-state index in [1.165, 1.54) is 0 Å². The summed E-state index contributed by atoms with van der Waals surface area (Å²) in [7, 11) is 0. The topological polar surface area (TPSA) is 29.1 Å². The van der Waals surface area contributed by atoms with E-state index in [4.69, 9.17) is 0 Å². The zero-order chi connectivity index (χ0) is 8.10. The van der Waals surface area contributed by atoms with Crippen LogP contribution in [0.3, 0.4) is 0 Å². The molecule has 0 radical (unpaired) electrons. The van der Waals surface area contributed by atoms with Gasteiger partial charge in [0.25, 0.3) is 0 Å². The molecule has 0 atom stereocenters. The number of rotatable bonds is 2. The molecule has 0 bridgehead atoms. The van der Waals surface area contributed by atoms with Crippen molar-refractivity contribution in [2.75, 3.05) is 0 Å². The van der Waals surface area contributed by atoms with Gasteiger partial charge in [0.2, 0.25) is 0 Å². The van der Waals surface area contributed by atoms with Crippen LogP contribution in [0.4, 0.5) is 0 Å². The predicted molar refractivity (Wildman–Crippen MR) is 38.3 cm³/mol. The van der Waals surface area contributed by atoms with Crippen LogP contribution in [0.1, 0.15) is 5.56 Å². The maximum absolute atomic E-state index is 10.9. The quantitative estimate of drug-likeness (QED) is 0.848. The molecule has 11 heavy (non-hydrogen) atoms. The monoisotopic (exact) mass is 273 g/mol. The molecule has 54 valence electrons. The normalized spacial score (nSPS) is 9.00. The average Bonchev–Trinajstić information content (AvgIpc) is 2.06. The van der Waals surface area contributed by atoms with Gasteiger partial charge in [0, 0.05) is 0 Å². The van der Waals surface area contributed by atoms with Crippen molar-refractivity contribution >= 4 is 5.91 Å². The predicted octanol–water partition coefficient (Wildman–Crippen LogP) is 0.810.